The van der Waals surface area contributed by atoms with Crippen molar-refractivity contribution in [1.29, 1.82) is 0 Å². The Bertz CT molecular complexity index is 554. The van der Waals surface area contributed by atoms with E-state index in [1.165, 1.54) is 0 Å². The molecule has 1 fully saturated rings. The van der Waals surface area contributed by atoms with Gasteiger partial charge in [0, 0.05) is 31.7 Å². The van der Waals surface area contributed by atoms with E-state index in [4.69, 9.17) is 0 Å². The lowest BCUT2D eigenvalue weighted by Crippen LogP contribution is -2.50. The molecule has 2 N–H and O–H groups in total. The van der Waals surface area contributed by atoms with Crippen molar-refractivity contribution in [3.63, 3.8) is 0 Å². The van der Waals surface area contributed by atoms with Crippen LogP contribution in [0.25, 0.3) is 0 Å². The molecule has 0 atom stereocenters. The molecule has 7 heteroatoms. The van der Waals surface area contributed by atoms with Gasteiger partial charge in [-0.2, -0.15) is 0 Å². The van der Waals surface area contributed by atoms with Crippen LogP contribution in [0.5, 0.6) is 0 Å². The van der Waals surface area contributed by atoms with E-state index in [1.807, 2.05) is 13.1 Å². The number of hydrogen-bond donors (Lipinski definition) is 2. The maximum atomic E-state index is 12.0. The van der Waals surface area contributed by atoms with Gasteiger partial charge in [-0.25, -0.2) is 0 Å². The highest BCUT2D eigenvalue weighted by molar-refractivity contribution is 5.96. The SMILES string of the molecule is CN1CCN(C(=O)CNC(=O)CNC(=O)c2ccccc2)CC1. The monoisotopic (exact) mass is 318 g/mol. The molecule has 0 saturated carbocycles. The van der Waals surface area contributed by atoms with Gasteiger partial charge in [0.25, 0.3) is 5.91 Å². The van der Waals surface area contributed by atoms with E-state index in [9.17, 15) is 14.4 Å². The summed E-state index contributed by atoms with van der Waals surface area (Å²) in [5.74, 6) is -0.788. The number of benzene rings is 1. The molecule has 0 unspecified atom stereocenters. The van der Waals surface area contributed by atoms with Gasteiger partial charge >= 0.3 is 0 Å². The molecular formula is C16H22N4O3. The lowest BCUT2D eigenvalue weighted by molar-refractivity contribution is -0.134. The fraction of sp³-hybridized carbons (Fsp3) is 0.438. The summed E-state index contributed by atoms with van der Waals surface area (Å²) in [6.45, 7) is 2.85. The van der Waals surface area contributed by atoms with Crippen molar-refractivity contribution in [1.82, 2.24) is 20.4 Å². The molecule has 0 bridgehead atoms. The van der Waals surface area contributed by atoms with Crippen LogP contribution in [0.1, 0.15) is 10.4 Å². The van der Waals surface area contributed by atoms with Gasteiger partial charge in [-0.05, 0) is 19.2 Å². The second-order valence-electron chi connectivity index (χ2n) is 5.51. The van der Waals surface area contributed by atoms with Crippen LogP contribution in [0.4, 0.5) is 0 Å². The summed E-state index contributed by atoms with van der Waals surface area (Å²) in [6.07, 6.45) is 0. The molecule has 2 rings (SSSR count). The van der Waals surface area contributed by atoms with E-state index >= 15 is 0 Å². The first-order valence-corrected chi connectivity index (χ1v) is 7.62. The standard InChI is InChI=1S/C16H22N4O3/c1-19-7-9-20(10-8-19)15(22)12-17-14(21)11-18-16(23)13-5-3-2-4-6-13/h2-6H,7-12H2,1H3,(H,17,21)(H,18,23). The molecule has 0 radical (unpaired) electrons. The lowest BCUT2D eigenvalue weighted by Gasteiger charge is -2.32. The highest BCUT2D eigenvalue weighted by Gasteiger charge is 2.19. The van der Waals surface area contributed by atoms with E-state index in [0.717, 1.165) is 13.1 Å². The Morgan fingerprint density at radius 2 is 1.61 bits per heavy atom. The lowest BCUT2D eigenvalue weighted by atomic mass is 10.2. The van der Waals surface area contributed by atoms with Crippen LogP contribution in [0.3, 0.4) is 0 Å². The van der Waals surface area contributed by atoms with Crippen LogP contribution in [-0.2, 0) is 9.59 Å². The van der Waals surface area contributed by atoms with Gasteiger partial charge in [0.05, 0.1) is 13.1 Å². The maximum Gasteiger partial charge on any atom is 0.251 e. The molecule has 0 spiro atoms. The fourth-order valence-corrected chi connectivity index (χ4v) is 2.26. The molecule has 124 valence electrons. The Labute approximate surface area is 135 Å². The Morgan fingerprint density at radius 1 is 0.957 bits per heavy atom. The third-order valence-electron chi connectivity index (χ3n) is 3.74. The third kappa shape index (κ3) is 5.37. The van der Waals surface area contributed by atoms with Crippen molar-refractivity contribution in [2.75, 3.05) is 46.3 Å². The minimum absolute atomic E-state index is 0.0379. The molecule has 0 aliphatic carbocycles. The Kier molecular flexibility index (Phi) is 6.10. The molecule has 1 aromatic rings. The molecule has 0 aromatic heterocycles. The summed E-state index contributed by atoms with van der Waals surface area (Å²) in [4.78, 5) is 39.4. The highest BCUT2D eigenvalue weighted by atomic mass is 16.2. The van der Waals surface area contributed by atoms with E-state index in [0.29, 0.717) is 18.7 Å². The van der Waals surface area contributed by atoms with Gasteiger partial charge in [0.2, 0.25) is 11.8 Å². The molecular weight excluding hydrogens is 296 g/mol. The normalized spacial score (nSPS) is 15.1. The van der Waals surface area contributed by atoms with Crippen molar-refractivity contribution in [3.05, 3.63) is 35.9 Å². The van der Waals surface area contributed by atoms with Crippen molar-refractivity contribution >= 4 is 17.7 Å². The topological polar surface area (TPSA) is 81.8 Å². The number of rotatable bonds is 5. The van der Waals surface area contributed by atoms with E-state index in [1.54, 1.807) is 29.2 Å². The average Bonchev–Trinajstić information content (AvgIpc) is 2.59. The molecule has 1 aliphatic heterocycles. The number of nitrogens with zero attached hydrogens (tertiary/aromatic N) is 2. The minimum atomic E-state index is -0.378. The number of likely N-dealkylation sites (N-methyl/N-ethyl adjacent to an activating group) is 1. The quantitative estimate of drug-likeness (QED) is 0.753. The van der Waals surface area contributed by atoms with Gasteiger partial charge < -0.3 is 20.4 Å². The zero-order valence-corrected chi connectivity index (χ0v) is 13.2. The Morgan fingerprint density at radius 3 is 2.26 bits per heavy atom. The predicted molar refractivity (Wildman–Crippen MR) is 85.9 cm³/mol. The molecule has 1 saturated heterocycles. The number of amides is 3. The zero-order valence-electron chi connectivity index (χ0n) is 13.2. The van der Waals surface area contributed by atoms with Gasteiger partial charge in [0.15, 0.2) is 0 Å². The number of carbonyl (C=O) groups is 3. The summed E-state index contributed by atoms with van der Waals surface area (Å²) >= 11 is 0. The van der Waals surface area contributed by atoms with Gasteiger partial charge in [0.1, 0.15) is 0 Å². The summed E-state index contributed by atoms with van der Waals surface area (Å²) in [5.41, 5.74) is 0.494. The van der Waals surface area contributed by atoms with Crippen molar-refractivity contribution in [2.45, 2.75) is 0 Å². The van der Waals surface area contributed by atoms with Crippen LogP contribution in [0.2, 0.25) is 0 Å². The van der Waals surface area contributed by atoms with Crippen molar-refractivity contribution in [3.8, 4) is 0 Å². The first-order chi connectivity index (χ1) is 11.1. The molecule has 7 nitrogen and oxygen atoms in total. The summed E-state index contributed by atoms with van der Waals surface area (Å²) < 4.78 is 0. The van der Waals surface area contributed by atoms with Crippen LogP contribution >= 0.6 is 0 Å². The third-order valence-corrected chi connectivity index (χ3v) is 3.74. The molecule has 1 heterocycles. The smallest absolute Gasteiger partial charge is 0.251 e. The first-order valence-electron chi connectivity index (χ1n) is 7.62. The maximum absolute atomic E-state index is 12.0. The number of carbonyl (C=O) groups excluding carboxylic acids is 3. The zero-order chi connectivity index (χ0) is 16.7. The van der Waals surface area contributed by atoms with Crippen LogP contribution in [-0.4, -0.2) is 73.8 Å². The van der Waals surface area contributed by atoms with Crippen molar-refractivity contribution in [2.24, 2.45) is 0 Å². The second kappa shape index (κ2) is 8.28. The summed E-state index contributed by atoms with van der Waals surface area (Å²) in [7, 11) is 2.01. The average molecular weight is 318 g/mol. The highest BCUT2D eigenvalue weighted by Crippen LogP contribution is 1.99. The van der Waals surface area contributed by atoms with Crippen LogP contribution < -0.4 is 10.6 Å². The predicted octanol–water partition coefficient (Wildman–Crippen LogP) is -0.693. The van der Waals surface area contributed by atoms with Crippen LogP contribution in [0.15, 0.2) is 30.3 Å². The number of nitrogens with one attached hydrogen (secondary N) is 2. The van der Waals surface area contributed by atoms with E-state index in [2.05, 4.69) is 15.5 Å². The Hall–Kier alpha value is -2.41. The summed E-state index contributed by atoms with van der Waals surface area (Å²) in [5, 5.41) is 5.06. The molecule has 1 aromatic carbocycles. The van der Waals surface area contributed by atoms with Gasteiger partial charge in [-0.3, -0.25) is 14.4 Å². The molecule has 3 amide bonds. The van der Waals surface area contributed by atoms with E-state index in [-0.39, 0.29) is 30.8 Å². The van der Waals surface area contributed by atoms with Crippen LogP contribution in [0, 0.1) is 0 Å². The van der Waals surface area contributed by atoms with Crippen molar-refractivity contribution < 1.29 is 14.4 Å². The van der Waals surface area contributed by atoms with E-state index < -0.39 is 0 Å². The first kappa shape index (κ1) is 17.0. The molecule has 23 heavy (non-hydrogen) atoms. The largest absolute Gasteiger partial charge is 0.345 e. The second-order valence-corrected chi connectivity index (χ2v) is 5.51. The molecule has 1 aliphatic rings. The van der Waals surface area contributed by atoms with Gasteiger partial charge in [-0.1, -0.05) is 18.2 Å². The number of hydrogen-bond acceptors (Lipinski definition) is 4. The summed E-state index contributed by atoms with van der Waals surface area (Å²) in [6, 6.07) is 8.66. The number of piperazine rings is 1. The Balaban J connectivity index is 1.67. The van der Waals surface area contributed by atoms with Gasteiger partial charge in [-0.15, -0.1) is 0 Å². The minimum Gasteiger partial charge on any atom is -0.345 e. The fourth-order valence-electron chi connectivity index (χ4n) is 2.26.